The molecular formula is C14H20N2. The molecule has 2 heteroatoms. The molecule has 0 radical (unpaired) electrons. The van der Waals surface area contributed by atoms with Gasteiger partial charge in [-0.05, 0) is 42.9 Å². The highest BCUT2D eigenvalue weighted by atomic mass is 15.2. The summed E-state index contributed by atoms with van der Waals surface area (Å²) < 4.78 is 0. The molecule has 1 atom stereocenters. The van der Waals surface area contributed by atoms with Gasteiger partial charge in [-0.1, -0.05) is 18.6 Å². The molecule has 86 valence electrons. The summed E-state index contributed by atoms with van der Waals surface area (Å²) in [7, 11) is 0. The van der Waals surface area contributed by atoms with Crippen molar-refractivity contribution in [2.24, 2.45) is 5.92 Å². The molecule has 1 heterocycles. The predicted molar refractivity (Wildman–Crippen MR) is 66.9 cm³/mol. The van der Waals surface area contributed by atoms with Crippen molar-refractivity contribution in [3.05, 3.63) is 29.3 Å². The van der Waals surface area contributed by atoms with Crippen molar-refractivity contribution >= 4 is 5.69 Å². The number of anilines is 1. The molecule has 0 aromatic heterocycles. The smallest absolute Gasteiger partial charge is 0.0363 e. The van der Waals surface area contributed by atoms with Gasteiger partial charge in [0.2, 0.25) is 0 Å². The van der Waals surface area contributed by atoms with E-state index in [2.05, 4.69) is 24.0 Å². The molecule has 1 aromatic carbocycles. The number of hydrogen-bond donors (Lipinski definition) is 1. The van der Waals surface area contributed by atoms with E-state index >= 15 is 0 Å². The minimum absolute atomic E-state index is 0.723. The van der Waals surface area contributed by atoms with Crippen molar-refractivity contribution in [2.75, 3.05) is 5.73 Å². The summed E-state index contributed by atoms with van der Waals surface area (Å²) in [5, 5.41) is 0. The van der Waals surface area contributed by atoms with Crippen LogP contribution in [-0.2, 0) is 13.1 Å². The lowest BCUT2D eigenvalue weighted by Crippen LogP contribution is -2.37. The summed E-state index contributed by atoms with van der Waals surface area (Å²) in [6.07, 6.45) is 4.27. The first kappa shape index (κ1) is 10.2. The largest absolute Gasteiger partial charge is 0.398 e. The Hall–Kier alpha value is -1.02. The third kappa shape index (κ3) is 1.52. The molecule has 16 heavy (non-hydrogen) atoms. The normalized spacial score (nSPS) is 22.8. The summed E-state index contributed by atoms with van der Waals surface area (Å²) in [5.74, 6) is 0.926. The van der Waals surface area contributed by atoms with Crippen molar-refractivity contribution in [3.8, 4) is 0 Å². The van der Waals surface area contributed by atoms with Crippen molar-refractivity contribution in [2.45, 2.75) is 45.3 Å². The number of hydrogen-bond acceptors (Lipinski definition) is 2. The SMILES string of the molecule is CC(C1CCC1)N1Cc2cccc(N)c2C1. The second-order valence-corrected chi connectivity index (χ2v) is 5.32. The summed E-state index contributed by atoms with van der Waals surface area (Å²) in [6, 6.07) is 7.04. The van der Waals surface area contributed by atoms with E-state index in [1.165, 1.54) is 30.4 Å². The third-order valence-corrected chi connectivity index (χ3v) is 4.45. The molecule has 2 aliphatic rings. The second kappa shape index (κ2) is 3.77. The monoisotopic (exact) mass is 216 g/mol. The lowest BCUT2D eigenvalue weighted by molar-refractivity contribution is 0.106. The first-order chi connectivity index (χ1) is 7.75. The molecule has 2 N–H and O–H groups in total. The van der Waals surface area contributed by atoms with Gasteiger partial charge < -0.3 is 5.73 Å². The van der Waals surface area contributed by atoms with Crippen LogP contribution in [0.2, 0.25) is 0 Å². The van der Waals surface area contributed by atoms with E-state index in [4.69, 9.17) is 5.73 Å². The fraction of sp³-hybridized carbons (Fsp3) is 0.571. The van der Waals surface area contributed by atoms with Gasteiger partial charge >= 0.3 is 0 Å². The van der Waals surface area contributed by atoms with Gasteiger partial charge in [0.1, 0.15) is 0 Å². The molecule has 0 saturated heterocycles. The molecule has 1 aliphatic heterocycles. The van der Waals surface area contributed by atoms with Crippen LogP contribution in [0.25, 0.3) is 0 Å². The first-order valence-corrected chi connectivity index (χ1v) is 6.36. The van der Waals surface area contributed by atoms with Gasteiger partial charge in [0.25, 0.3) is 0 Å². The maximum Gasteiger partial charge on any atom is 0.0363 e. The third-order valence-electron chi connectivity index (χ3n) is 4.45. The zero-order valence-corrected chi connectivity index (χ0v) is 9.95. The quantitative estimate of drug-likeness (QED) is 0.770. The van der Waals surface area contributed by atoms with Crippen molar-refractivity contribution in [1.82, 2.24) is 4.90 Å². The summed E-state index contributed by atoms with van der Waals surface area (Å²) in [5.41, 5.74) is 9.81. The van der Waals surface area contributed by atoms with Gasteiger partial charge in [-0.2, -0.15) is 0 Å². The van der Waals surface area contributed by atoms with E-state index in [-0.39, 0.29) is 0 Å². The molecule has 0 amide bonds. The number of nitrogens with zero attached hydrogens (tertiary/aromatic N) is 1. The second-order valence-electron chi connectivity index (χ2n) is 5.32. The number of benzene rings is 1. The molecule has 0 bridgehead atoms. The molecule has 2 nitrogen and oxygen atoms in total. The fourth-order valence-corrected chi connectivity index (χ4v) is 2.98. The summed E-state index contributed by atoms with van der Waals surface area (Å²) in [6.45, 7) is 4.53. The van der Waals surface area contributed by atoms with Gasteiger partial charge in [0.15, 0.2) is 0 Å². The van der Waals surface area contributed by atoms with Crippen molar-refractivity contribution in [3.63, 3.8) is 0 Å². The van der Waals surface area contributed by atoms with Gasteiger partial charge in [-0.25, -0.2) is 0 Å². The van der Waals surface area contributed by atoms with Crippen molar-refractivity contribution in [1.29, 1.82) is 0 Å². The van der Waals surface area contributed by atoms with E-state index in [9.17, 15) is 0 Å². The number of fused-ring (bicyclic) bond motifs is 1. The van der Waals surface area contributed by atoms with Crippen LogP contribution in [0, 0.1) is 5.92 Å². The average molecular weight is 216 g/mol. The maximum atomic E-state index is 6.03. The lowest BCUT2D eigenvalue weighted by Gasteiger charge is -2.37. The highest BCUT2D eigenvalue weighted by Gasteiger charge is 2.31. The van der Waals surface area contributed by atoms with E-state index in [0.29, 0.717) is 0 Å². The predicted octanol–water partition coefficient (Wildman–Crippen LogP) is 2.77. The summed E-state index contributed by atoms with van der Waals surface area (Å²) in [4.78, 5) is 2.59. The molecule has 0 spiro atoms. The molecule has 1 saturated carbocycles. The first-order valence-electron chi connectivity index (χ1n) is 6.36. The topological polar surface area (TPSA) is 29.3 Å². The molecule has 1 fully saturated rings. The van der Waals surface area contributed by atoms with E-state index in [1.807, 2.05) is 6.07 Å². The Labute approximate surface area is 97.4 Å². The minimum Gasteiger partial charge on any atom is -0.398 e. The van der Waals surface area contributed by atoms with Crippen LogP contribution in [0.3, 0.4) is 0 Å². The molecule has 3 rings (SSSR count). The molecule has 1 aliphatic carbocycles. The van der Waals surface area contributed by atoms with Gasteiger partial charge in [0, 0.05) is 24.8 Å². The van der Waals surface area contributed by atoms with Gasteiger partial charge in [0.05, 0.1) is 0 Å². The Balaban J connectivity index is 1.77. The van der Waals surface area contributed by atoms with Crippen LogP contribution < -0.4 is 5.73 Å². The lowest BCUT2D eigenvalue weighted by atomic mass is 9.80. The molecule has 1 unspecified atom stereocenters. The zero-order valence-electron chi connectivity index (χ0n) is 9.95. The van der Waals surface area contributed by atoms with Crippen molar-refractivity contribution < 1.29 is 0 Å². The standard InChI is InChI=1S/C14H20N2/c1-10(11-4-2-5-11)16-8-12-6-3-7-14(15)13(12)9-16/h3,6-7,10-11H,2,4-5,8-9,15H2,1H3. The highest BCUT2D eigenvalue weighted by Crippen LogP contribution is 2.36. The van der Waals surface area contributed by atoms with Crippen LogP contribution in [0.4, 0.5) is 5.69 Å². The fourth-order valence-electron chi connectivity index (χ4n) is 2.98. The van der Waals surface area contributed by atoms with Crippen LogP contribution in [0.15, 0.2) is 18.2 Å². The van der Waals surface area contributed by atoms with Crippen LogP contribution in [0.5, 0.6) is 0 Å². The number of nitrogens with two attached hydrogens (primary N) is 1. The van der Waals surface area contributed by atoms with Gasteiger partial charge in [-0.15, -0.1) is 0 Å². The van der Waals surface area contributed by atoms with Crippen LogP contribution in [0.1, 0.15) is 37.3 Å². The zero-order chi connectivity index (χ0) is 11.1. The molecule has 1 aromatic rings. The summed E-state index contributed by atoms with van der Waals surface area (Å²) >= 11 is 0. The van der Waals surface area contributed by atoms with E-state index in [1.54, 1.807) is 0 Å². The van der Waals surface area contributed by atoms with Gasteiger partial charge in [-0.3, -0.25) is 4.90 Å². The number of nitrogen functional groups attached to an aromatic ring is 1. The Bertz CT molecular complexity index is 396. The van der Waals surface area contributed by atoms with E-state index in [0.717, 1.165) is 30.7 Å². The number of rotatable bonds is 2. The Morgan fingerprint density at radius 3 is 2.75 bits per heavy atom. The Morgan fingerprint density at radius 1 is 1.31 bits per heavy atom. The van der Waals surface area contributed by atoms with Crippen LogP contribution in [-0.4, -0.2) is 10.9 Å². The minimum atomic E-state index is 0.723. The highest BCUT2D eigenvalue weighted by molar-refractivity contribution is 5.52. The Morgan fingerprint density at radius 2 is 2.12 bits per heavy atom. The Kier molecular flexibility index (Phi) is 2.40. The maximum absolute atomic E-state index is 6.03. The molecular weight excluding hydrogens is 196 g/mol. The average Bonchev–Trinajstić information content (AvgIpc) is 2.60. The van der Waals surface area contributed by atoms with E-state index < -0.39 is 0 Å². The van der Waals surface area contributed by atoms with Crippen LogP contribution >= 0.6 is 0 Å².